The highest BCUT2D eigenvalue weighted by Gasteiger charge is 2.15. The largest absolute Gasteiger partial charge is 0.508 e. The molecule has 0 amide bonds. The molecule has 1 nitrogen and oxygen atoms in total. The van der Waals surface area contributed by atoms with Crippen LogP contribution in [0.15, 0.2) is 60.7 Å². The van der Waals surface area contributed by atoms with E-state index in [1.165, 1.54) is 41.8 Å². The van der Waals surface area contributed by atoms with E-state index in [0.717, 1.165) is 17.5 Å². The average molecular weight is 525 g/mol. The smallest absolute Gasteiger partial charge is 0.126 e. The summed E-state index contributed by atoms with van der Waals surface area (Å²) in [6.45, 7) is 23.5. The quantitative estimate of drug-likeness (QED) is 0.361. The van der Waals surface area contributed by atoms with Gasteiger partial charge in [-0.2, -0.15) is 0 Å². The van der Waals surface area contributed by atoms with Crippen LogP contribution in [0.3, 0.4) is 0 Å². The Morgan fingerprint density at radius 1 is 0.579 bits per heavy atom. The number of halogens is 2. The maximum absolute atomic E-state index is 13.2. The first-order valence-corrected chi connectivity index (χ1v) is 13.5. The Kier molecular flexibility index (Phi) is 12.2. The molecule has 3 rings (SSSR count). The van der Waals surface area contributed by atoms with Crippen molar-refractivity contribution in [3.8, 4) is 5.75 Å². The maximum atomic E-state index is 13.2. The normalized spacial score (nSPS) is 11.7. The predicted octanol–water partition coefficient (Wildman–Crippen LogP) is 10.4. The van der Waals surface area contributed by atoms with Crippen molar-refractivity contribution in [2.75, 3.05) is 0 Å². The molecule has 0 aromatic heterocycles. The molecule has 0 heterocycles. The van der Waals surface area contributed by atoms with Gasteiger partial charge in [-0.25, -0.2) is 8.78 Å². The van der Waals surface area contributed by atoms with Crippen molar-refractivity contribution >= 4 is 0 Å². The Morgan fingerprint density at radius 3 is 1.58 bits per heavy atom. The fourth-order valence-corrected chi connectivity index (χ4v) is 4.06. The van der Waals surface area contributed by atoms with Crippen LogP contribution in [0.2, 0.25) is 0 Å². The minimum Gasteiger partial charge on any atom is -0.508 e. The first-order chi connectivity index (χ1) is 17.3. The van der Waals surface area contributed by atoms with Gasteiger partial charge in [-0.3, -0.25) is 0 Å². The van der Waals surface area contributed by atoms with Crippen LogP contribution < -0.4 is 0 Å². The van der Waals surface area contributed by atoms with E-state index in [1.54, 1.807) is 6.07 Å². The number of hydrogen-bond donors (Lipinski definition) is 1. The lowest BCUT2D eigenvalue weighted by atomic mass is 9.86. The van der Waals surface area contributed by atoms with Crippen LogP contribution in [0.1, 0.15) is 90.1 Å². The molecule has 0 atom stereocenters. The second-order valence-electron chi connectivity index (χ2n) is 13.9. The molecule has 0 bridgehead atoms. The van der Waals surface area contributed by atoms with Crippen LogP contribution >= 0.6 is 0 Å². The summed E-state index contributed by atoms with van der Waals surface area (Å²) in [5.74, 6) is -0.213. The minimum atomic E-state index is -0.294. The highest BCUT2D eigenvalue weighted by molar-refractivity contribution is 5.33. The monoisotopic (exact) mass is 524 g/mol. The van der Waals surface area contributed by atoms with E-state index in [9.17, 15) is 13.9 Å². The zero-order valence-corrected chi connectivity index (χ0v) is 25.6. The molecule has 0 aliphatic carbocycles. The van der Waals surface area contributed by atoms with Crippen molar-refractivity contribution in [3.63, 3.8) is 0 Å². The maximum Gasteiger partial charge on any atom is 0.126 e. The number of aryl methyl sites for hydroxylation is 1. The molecular weight excluding hydrogens is 474 g/mol. The summed E-state index contributed by atoms with van der Waals surface area (Å²) >= 11 is 0. The van der Waals surface area contributed by atoms with Crippen molar-refractivity contribution in [1.29, 1.82) is 0 Å². The second kappa shape index (κ2) is 13.9. The van der Waals surface area contributed by atoms with E-state index in [0.29, 0.717) is 17.4 Å². The summed E-state index contributed by atoms with van der Waals surface area (Å²) in [4.78, 5) is 0. The number of phenols is 1. The van der Waals surface area contributed by atoms with Crippen molar-refractivity contribution in [2.45, 2.75) is 95.4 Å². The molecule has 0 saturated carbocycles. The van der Waals surface area contributed by atoms with Crippen molar-refractivity contribution in [3.05, 3.63) is 100 Å². The third-order valence-corrected chi connectivity index (χ3v) is 5.85. The molecule has 3 aromatic carbocycles. The van der Waals surface area contributed by atoms with Gasteiger partial charge in [0.25, 0.3) is 0 Å². The van der Waals surface area contributed by atoms with Gasteiger partial charge >= 0.3 is 0 Å². The van der Waals surface area contributed by atoms with E-state index in [1.807, 2.05) is 13.0 Å². The molecule has 0 saturated heterocycles. The molecule has 0 unspecified atom stereocenters. The van der Waals surface area contributed by atoms with Gasteiger partial charge in [0, 0.05) is 0 Å². The lowest BCUT2D eigenvalue weighted by Crippen LogP contribution is -2.10. The van der Waals surface area contributed by atoms with Crippen LogP contribution in [-0.4, -0.2) is 5.11 Å². The number of aromatic hydroxyl groups is 1. The lowest BCUT2D eigenvalue weighted by molar-refractivity contribution is 0.393. The fourth-order valence-electron chi connectivity index (χ4n) is 4.06. The second-order valence-corrected chi connectivity index (χ2v) is 13.9. The van der Waals surface area contributed by atoms with Gasteiger partial charge in [0.15, 0.2) is 0 Å². The van der Waals surface area contributed by atoms with Crippen LogP contribution in [0.4, 0.5) is 8.78 Å². The van der Waals surface area contributed by atoms with E-state index in [2.05, 4.69) is 93.5 Å². The van der Waals surface area contributed by atoms with Gasteiger partial charge in [0.2, 0.25) is 0 Å². The average Bonchev–Trinajstić information content (AvgIpc) is 2.74. The van der Waals surface area contributed by atoms with Gasteiger partial charge in [-0.1, -0.05) is 98.7 Å². The number of phenolic OH excluding ortho intramolecular Hbond substituents is 1. The van der Waals surface area contributed by atoms with Crippen molar-refractivity contribution in [2.24, 2.45) is 16.2 Å². The Labute approximate surface area is 231 Å². The van der Waals surface area contributed by atoms with E-state index in [-0.39, 0.29) is 28.2 Å². The summed E-state index contributed by atoms with van der Waals surface area (Å²) < 4.78 is 26.0. The van der Waals surface area contributed by atoms with Crippen LogP contribution in [0.5, 0.6) is 5.75 Å². The lowest BCUT2D eigenvalue weighted by Gasteiger charge is -2.19. The Hall–Kier alpha value is -2.68. The van der Waals surface area contributed by atoms with Gasteiger partial charge in [0.05, 0.1) is 0 Å². The summed E-state index contributed by atoms with van der Waals surface area (Å²) in [7, 11) is 0. The molecule has 0 fully saturated rings. The number of benzene rings is 3. The number of hydrogen-bond acceptors (Lipinski definition) is 1. The van der Waals surface area contributed by atoms with Gasteiger partial charge < -0.3 is 5.11 Å². The molecule has 3 aromatic rings. The molecule has 1 N–H and O–H groups in total. The zero-order valence-electron chi connectivity index (χ0n) is 25.6. The highest BCUT2D eigenvalue weighted by Crippen LogP contribution is 2.27. The SMILES string of the molecule is CC(C)(C)Cc1cc(F)ccc1O.Cc1c(F)cccc1CC(C)(C)C.Cc1ccccc1CC(C)(C)C. The zero-order chi connectivity index (χ0) is 29.3. The number of rotatable bonds is 3. The molecule has 0 aliphatic rings. The van der Waals surface area contributed by atoms with Crippen molar-refractivity contribution in [1.82, 2.24) is 0 Å². The Morgan fingerprint density at radius 2 is 1.05 bits per heavy atom. The molecular formula is C35H50F2O. The van der Waals surface area contributed by atoms with E-state index >= 15 is 0 Å². The van der Waals surface area contributed by atoms with Crippen molar-refractivity contribution < 1.29 is 13.9 Å². The highest BCUT2D eigenvalue weighted by atomic mass is 19.1. The summed E-state index contributed by atoms with van der Waals surface area (Å²) in [5.41, 5.74) is 6.14. The van der Waals surface area contributed by atoms with Crippen LogP contribution in [0, 0.1) is 41.7 Å². The minimum absolute atomic E-state index is 0.0608. The third-order valence-electron chi connectivity index (χ3n) is 5.85. The fraction of sp³-hybridized carbons (Fsp3) is 0.486. The third kappa shape index (κ3) is 13.7. The topological polar surface area (TPSA) is 20.2 Å². The van der Waals surface area contributed by atoms with E-state index < -0.39 is 0 Å². The van der Waals surface area contributed by atoms with E-state index in [4.69, 9.17) is 0 Å². The summed E-state index contributed by atoms with van der Waals surface area (Å²) in [5, 5.41) is 9.43. The Balaban J connectivity index is 0.000000285. The molecule has 38 heavy (non-hydrogen) atoms. The van der Waals surface area contributed by atoms with Crippen LogP contribution in [-0.2, 0) is 19.3 Å². The molecule has 0 spiro atoms. The van der Waals surface area contributed by atoms with Gasteiger partial charge in [-0.05, 0) is 101 Å². The first kappa shape index (κ1) is 33.3. The van der Waals surface area contributed by atoms with Crippen LogP contribution in [0.25, 0.3) is 0 Å². The Bertz CT molecular complexity index is 1130. The molecule has 3 heteroatoms. The standard InChI is InChI=1S/C12H17F.C12H18.C11H15FO/c1-9-10(8-12(2,3)4)6-5-7-11(9)13;1-10-7-5-6-8-11(10)9-12(2,3)4;1-11(2,3)7-8-6-9(12)4-5-10(8)13/h5-7H,8H2,1-4H3;5-8H,9H2,1-4H3;4-6,13H,7H2,1-3H3. The summed E-state index contributed by atoms with van der Waals surface area (Å²) in [6.07, 6.45) is 2.77. The van der Waals surface area contributed by atoms with Gasteiger partial charge in [-0.15, -0.1) is 0 Å². The summed E-state index contributed by atoms with van der Waals surface area (Å²) in [6, 6.07) is 18.0. The predicted molar refractivity (Wildman–Crippen MR) is 160 cm³/mol. The molecule has 0 radical (unpaired) electrons. The molecule has 0 aliphatic heterocycles. The van der Waals surface area contributed by atoms with Gasteiger partial charge in [0.1, 0.15) is 17.4 Å². The first-order valence-electron chi connectivity index (χ1n) is 13.5. The molecule has 210 valence electrons.